The van der Waals surface area contributed by atoms with E-state index < -0.39 is 0 Å². The van der Waals surface area contributed by atoms with Gasteiger partial charge < -0.3 is 5.32 Å². The van der Waals surface area contributed by atoms with E-state index in [1.54, 1.807) is 0 Å². The Morgan fingerprint density at radius 1 is 1.04 bits per heavy atom. The van der Waals surface area contributed by atoms with E-state index >= 15 is 0 Å². The third-order valence-corrected chi connectivity index (χ3v) is 3.18. The number of carbonyl (C=O) groups is 1. The molecule has 1 N–H and O–H groups in total. The summed E-state index contributed by atoms with van der Waals surface area (Å²) in [6, 6.07) is 18.6. The van der Waals surface area contributed by atoms with Crippen LogP contribution < -0.4 is 5.32 Å². The van der Waals surface area contributed by atoms with Crippen LogP contribution in [0.4, 0.5) is 0 Å². The molecule has 1 unspecified atom stereocenters. The summed E-state index contributed by atoms with van der Waals surface area (Å²) in [6.45, 7) is 12.1. The predicted molar refractivity (Wildman–Crippen MR) is 99.4 cm³/mol. The van der Waals surface area contributed by atoms with Crippen LogP contribution in [0.1, 0.15) is 57.4 Å². The maximum atomic E-state index is 12.0. The third kappa shape index (κ3) is 9.03. The summed E-state index contributed by atoms with van der Waals surface area (Å²) in [7, 11) is 0. The first-order chi connectivity index (χ1) is 11.2. The van der Waals surface area contributed by atoms with E-state index in [-0.39, 0.29) is 33.0 Å². The van der Waals surface area contributed by atoms with Crippen molar-refractivity contribution in [3.8, 4) is 0 Å². The number of amides is 1. The van der Waals surface area contributed by atoms with Crippen LogP contribution in [0.25, 0.3) is 0 Å². The van der Waals surface area contributed by atoms with Crippen molar-refractivity contribution in [3.63, 3.8) is 0 Å². The number of hydrogen-bond acceptors (Lipinski definition) is 1. The molecule has 0 spiro atoms. The van der Waals surface area contributed by atoms with Crippen LogP contribution in [0.3, 0.4) is 0 Å². The molecule has 0 aromatic heterocycles. The van der Waals surface area contributed by atoms with Crippen molar-refractivity contribution >= 4 is 5.91 Å². The van der Waals surface area contributed by atoms with Gasteiger partial charge in [-0.05, 0) is 25.0 Å². The third-order valence-electron chi connectivity index (χ3n) is 3.18. The SMILES string of the molecule is CC.CC.Cc1ccccc1C(C)NC(=O)Cc1cc[c-]cc1.[W]. The van der Waals surface area contributed by atoms with Crippen molar-refractivity contribution in [1.82, 2.24) is 5.32 Å². The number of benzene rings is 2. The van der Waals surface area contributed by atoms with Crippen LogP contribution in [0, 0.1) is 13.0 Å². The summed E-state index contributed by atoms with van der Waals surface area (Å²) >= 11 is 0. The Hall–Kier alpha value is -1.40. The second-order valence-corrected chi connectivity index (χ2v) is 4.73. The van der Waals surface area contributed by atoms with Crippen molar-refractivity contribution in [2.45, 2.75) is 54.0 Å². The zero-order valence-electron chi connectivity index (χ0n) is 15.7. The van der Waals surface area contributed by atoms with E-state index in [1.807, 2.05) is 71.0 Å². The van der Waals surface area contributed by atoms with Gasteiger partial charge in [0, 0.05) is 27.5 Å². The van der Waals surface area contributed by atoms with E-state index in [1.165, 1.54) is 5.56 Å². The molecular weight excluding hydrogens is 466 g/mol. The molecule has 2 rings (SSSR count). The van der Waals surface area contributed by atoms with E-state index in [0.29, 0.717) is 6.42 Å². The van der Waals surface area contributed by atoms with E-state index in [4.69, 9.17) is 0 Å². The monoisotopic (exact) mass is 496 g/mol. The van der Waals surface area contributed by atoms with Crippen LogP contribution in [0.2, 0.25) is 0 Å². The van der Waals surface area contributed by atoms with Gasteiger partial charge >= 0.3 is 0 Å². The fourth-order valence-electron chi connectivity index (χ4n) is 2.17. The molecule has 1 atom stereocenters. The molecule has 1 amide bonds. The minimum Gasteiger partial charge on any atom is -0.349 e. The smallest absolute Gasteiger partial charge is 0.222 e. The first-order valence-electron chi connectivity index (χ1n) is 8.46. The summed E-state index contributed by atoms with van der Waals surface area (Å²) < 4.78 is 0. The fraction of sp³-hybridized carbons (Fsp3) is 0.381. The number of aryl methyl sites for hydroxylation is 1. The molecule has 3 heteroatoms. The molecule has 2 aromatic rings. The van der Waals surface area contributed by atoms with Gasteiger partial charge in [-0.15, -0.1) is 5.56 Å². The van der Waals surface area contributed by atoms with Crippen molar-refractivity contribution in [1.29, 1.82) is 0 Å². The molecule has 0 radical (unpaired) electrons. The number of carbonyl (C=O) groups excluding carboxylic acids is 1. The molecule has 0 aliphatic heterocycles. The summed E-state index contributed by atoms with van der Waals surface area (Å²) in [5.74, 6) is 0.0435. The first kappa shape index (κ1) is 24.8. The minimum absolute atomic E-state index is 0. The summed E-state index contributed by atoms with van der Waals surface area (Å²) in [5.41, 5.74) is 3.37. The largest absolute Gasteiger partial charge is 0.349 e. The maximum absolute atomic E-state index is 12.0. The van der Waals surface area contributed by atoms with Crippen molar-refractivity contribution in [3.05, 3.63) is 71.3 Å². The predicted octanol–water partition coefficient (Wildman–Crippen LogP) is 5.27. The summed E-state index contributed by atoms with van der Waals surface area (Å²) in [6.07, 6.45) is 0.408. The molecule has 2 nitrogen and oxygen atoms in total. The van der Waals surface area contributed by atoms with Gasteiger partial charge in [-0.25, -0.2) is 0 Å². The standard InChI is InChI=1S/C17H18NO.2C2H6.W/c1-13-8-6-7-11-16(13)14(2)18-17(19)12-15-9-4-3-5-10-15;2*1-2;/h4-11,14H,12H2,1-2H3,(H,18,19);2*1-2H3;/q-1;;;. The van der Waals surface area contributed by atoms with Crippen LogP contribution >= 0.6 is 0 Å². The van der Waals surface area contributed by atoms with Crippen LogP contribution in [-0.4, -0.2) is 5.91 Å². The van der Waals surface area contributed by atoms with Gasteiger partial charge in [0.15, 0.2) is 0 Å². The van der Waals surface area contributed by atoms with E-state index in [0.717, 1.165) is 11.1 Å². The number of nitrogens with one attached hydrogen (secondary N) is 1. The fourth-order valence-corrected chi connectivity index (χ4v) is 2.17. The topological polar surface area (TPSA) is 29.1 Å². The quantitative estimate of drug-likeness (QED) is 0.575. The molecule has 0 bridgehead atoms. The van der Waals surface area contributed by atoms with Crippen LogP contribution in [0.5, 0.6) is 0 Å². The Kier molecular flexibility index (Phi) is 15.7. The Morgan fingerprint density at radius 2 is 1.58 bits per heavy atom. The van der Waals surface area contributed by atoms with Gasteiger partial charge in [0.1, 0.15) is 0 Å². The van der Waals surface area contributed by atoms with E-state index in [2.05, 4.69) is 30.4 Å². The van der Waals surface area contributed by atoms with E-state index in [9.17, 15) is 4.79 Å². The van der Waals surface area contributed by atoms with Crippen molar-refractivity contribution in [2.75, 3.05) is 0 Å². The maximum Gasteiger partial charge on any atom is 0.222 e. The van der Waals surface area contributed by atoms with Gasteiger partial charge in [-0.2, -0.15) is 30.3 Å². The Bertz CT molecular complexity index is 555. The molecule has 0 heterocycles. The second-order valence-electron chi connectivity index (χ2n) is 4.73. The average molecular weight is 496 g/mol. The molecule has 0 aliphatic rings. The average Bonchev–Trinajstić information content (AvgIpc) is 2.59. The molecule has 24 heavy (non-hydrogen) atoms. The molecule has 2 aromatic carbocycles. The molecule has 0 aliphatic carbocycles. The van der Waals surface area contributed by atoms with Gasteiger partial charge in [-0.1, -0.05) is 52.0 Å². The number of rotatable bonds is 4. The zero-order valence-corrected chi connectivity index (χ0v) is 18.7. The molecule has 132 valence electrons. The minimum atomic E-state index is 0. The van der Waals surface area contributed by atoms with Gasteiger partial charge in [-0.3, -0.25) is 4.79 Å². The van der Waals surface area contributed by atoms with Crippen molar-refractivity contribution in [2.24, 2.45) is 0 Å². The molecule has 0 saturated heterocycles. The van der Waals surface area contributed by atoms with Crippen LogP contribution in [-0.2, 0) is 32.3 Å². The van der Waals surface area contributed by atoms with Gasteiger partial charge in [0.05, 0.1) is 6.04 Å². The Morgan fingerprint density at radius 3 is 2.12 bits per heavy atom. The van der Waals surface area contributed by atoms with Gasteiger partial charge in [0.2, 0.25) is 5.91 Å². The first-order valence-corrected chi connectivity index (χ1v) is 8.46. The summed E-state index contributed by atoms with van der Waals surface area (Å²) in [4.78, 5) is 12.0. The molecule has 0 fully saturated rings. The van der Waals surface area contributed by atoms with Crippen LogP contribution in [0.15, 0.2) is 48.5 Å². The van der Waals surface area contributed by atoms with Crippen molar-refractivity contribution < 1.29 is 25.9 Å². The second kappa shape index (κ2) is 15.1. The molecule has 0 saturated carbocycles. The molecular formula is C21H30NOW-. The Labute approximate surface area is 162 Å². The normalized spacial score (nSPS) is 9.92. The zero-order chi connectivity index (χ0) is 17.7. The number of hydrogen-bond donors (Lipinski definition) is 1. The van der Waals surface area contributed by atoms with Gasteiger partial charge in [0.25, 0.3) is 0 Å². The summed E-state index contributed by atoms with van der Waals surface area (Å²) in [5, 5.41) is 3.04. The Balaban J connectivity index is 0.